The first-order valence-electron chi connectivity index (χ1n) is 3.95. The van der Waals surface area contributed by atoms with Crippen LogP contribution in [0.3, 0.4) is 0 Å². The van der Waals surface area contributed by atoms with Gasteiger partial charge in [-0.05, 0) is 5.56 Å². The van der Waals surface area contributed by atoms with E-state index >= 15 is 0 Å². The van der Waals surface area contributed by atoms with Crippen molar-refractivity contribution < 1.29 is 9.53 Å². The number of carbonyl (C=O) groups excluding carboxylic acids is 1. The molecule has 64 valence electrons. The van der Waals surface area contributed by atoms with Crippen molar-refractivity contribution in [1.82, 2.24) is 0 Å². The Labute approximate surface area is 76.1 Å². The molecule has 1 aromatic carbocycles. The van der Waals surface area contributed by atoms with Crippen molar-refractivity contribution in [3.8, 4) is 0 Å². The van der Waals surface area contributed by atoms with E-state index in [1.807, 2.05) is 30.3 Å². The van der Waals surface area contributed by atoms with Crippen molar-refractivity contribution in [1.29, 1.82) is 0 Å². The van der Waals surface area contributed by atoms with Crippen LogP contribution in [0.25, 0.3) is 5.57 Å². The number of cyclic esters (lactones) is 1. The SMILES string of the molecule is C=C1C(=O)OC=C1c1ccccc1. The van der Waals surface area contributed by atoms with Gasteiger partial charge in [0.1, 0.15) is 6.26 Å². The standard InChI is InChI=1S/C11H8O2/c1-8-10(7-13-11(8)12)9-5-3-2-4-6-9/h2-7H,1H2. The average Bonchev–Trinajstić information content (AvgIpc) is 2.49. The van der Waals surface area contributed by atoms with Crippen LogP contribution < -0.4 is 0 Å². The molecule has 0 spiro atoms. The van der Waals surface area contributed by atoms with Crippen LogP contribution in [-0.2, 0) is 9.53 Å². The van der Waals surface area contributed by atoms with Gasteiger partial charge in [-0.2, -0.15) is 0 Å². The molecule has 0 bridgehead atoms. The topological polar surface area (TPSA) is 26.3 Å². The van der Waals surface area contributed by atoms with Crippen LogP contribution in [-0.4, -0.2) is 5.97 Å². The van der Waals surface area contributed by atoms with Crippen molar-refractivity contribution in [2.45, 2.75) is 0 Å². The normalized spacial score (nSPS) is 15.5. The molecule has 2 heteroatoms. The Morgan fingerprint density at radius 3 is 2.38 bits per heavy atom. The number of hydrogen-bond donors (Lipinski definition) is 0. The fourth-order valence-electron chi connectivity index (χ4n) is 1.22. The zero-order chi connectivity index (χ0) is 9.26. The smallest absolute Gasteiger partial charge is 0.343 e. The molecule has 0 unspecified atom stereocenters. The molecule has 1 heterocycles. The zero-order valence-electron chi connectivity index (χ0n) is 6.99. The molecule has 0 aliphatic carbocycles. The van der Waals surface area contributed by atoms with Crippen LogP contribution in [0.15, 0.2) is 48.7 Å². The lowest BCUT2D eigenvalue weighted by Gasteiger charge is -1.98. The lowest BCUT2D eigenvalue weighted by molar-refractivity contribution is -0.132. The minimum absolute atomic E-state index is 0.362. The Balaban J connectivity index is 2.39. The van der Waals surface area contributed by atoms with Gasteiger partial charge in [0.25, 0.3) is 0 Å². The maximum Gasteiger partial charge on any atom is 0.343 e. The van der Waals surface area contributed by atoms with Crippen LogP contribution in [0.5, 0.6) is 0 Å². The highest BCUT2D eigenvalue weighted by Gasteiger charge is 2.21. The number of ether oxygens (including phenoxy) is 1. The maximum atomic E-state index is 11.0. The van der Waals surface area contributed by atoms with E-state index in [2.05, 4.69) is 6.58 Å². The van der Waals surface area contributed by atoms with Gasteiger partial charge >= 0.3 is 5.97 Å². The number of rotatable bonds is 1. The highest BCUT2D eigenvalue weighted by atomic mass is 16.5. The van der Waals surface area contributed by atoms with Gasteiger partial charge in [-0.3, -0.25) is 0 Å². The van der Waals surface area contributed by atoms with Gasteiger partial charge in [0, 0.05) is 5.57 Å². The summed E-state index contributed by atoms with van der Waals surface area (Å²) >= 11 is 0. The maximum absolute atomic E-state index is 11.0. The fourth-order valence-corrected chi connectivity index (χ4v) is 1.22. The van der Waals surface area contributed by atoms with Gasteiger partial charge in [0.2, 0.25) is 0 Å². The highest BCUT2D eigenvalue weighted by molar-refractivity contribution is 6.09. The third-order valence-electron chi connectivity index (χ3n) is 1.94. The molecule has 0 aromatic heterocycles. The lowest BCUT2D eigenvalue weighted by atomic mass is 10.0. The molecule has 0 saturated carbocycles. The molecule has 2 nitrogen and oxygen atoms in total. The summed E-state index contributed by atoms with van der Waals surface area (Å²) in [6.45, 7) is 3.65. The van der Waals surface area contributed by atoms with Gasteiger partial charge in [0.15, 0.2) is 0 Å². The molecule has 1 aliphatic heterocycles. The van der Waals surface area contributed by atoms with Crippen molar-refractivity contribution in [2.75, 3.05) is 0 Å². The van der Waals surface area contributed by atoms with Crippen LogP contribution in [0.4, 0.5) is 0 Å². The van der Waals surface area contributed by atoms with E-state index in [0.29, 0.717) is 5.57 Å². The molecule has 0 N–H and O–H groups in total. The fraction of sp³-hybridized carbons (Fsp3) is 0. The van der Waals surface area contributed by atoms with E-state index in [0.717, 1.165) is 11.1 Å². The van der Waals surface area contributed by atoms with Crippen molar-refractivity contribution >= 4 is 11.5 Å². The second-order valence-electron chi connectivity index (χ2n) is 2.78. The molecule has 0 fully saturated rings. The molecule has 13 heavy (non-hydrogen) atoms. The molecule has 0 atom stereocenters. The second-order valence-corrected chi connectivity index (χ2v) is 2.78. The van der Waals surface area contributed by atoms with E-state index in [9.17, 15) is 4.79 Å². The summed E-state index contributed by atoms with van der Waals surface area (Å²) in [7, 11) is 0. The van der Waals surface area contributed by atoms with Gasteiger partial charge in [-0.15, -0.1) is 0 Å². The highest BCUT2D eigenvalue weighted by Crippen LogP contribution is 2.27. The number of hydrogen-bond acceptors (Lipinski definition) is 2. The summed E-state index contributed by atoms with van der Waals surface area (Å²) in [5.41, 5.74) is 2.15. The van der Waals surface area contributed by atoms with E-state index in [1.165, 1.54) is 6.26 Å². The summed E-state index contributed by atoms with van der Waals surface area (Å²) in [5, 5.41) is 0. The van der Waals surface area contributed by atoms with Gasteiger partial charge in [-0.1, -0.05) is 36.9 Å². The van der Waals surface area contributed by atoms with E-state index in [-0.39, 0.29) is 5.97 Å². The Bertz CT molecular complexity index is 388. The summed E-state index contributed by atoms with van der Waals surface area (Å²) in [4.78, 5) is 11.0. The summed E-state index contributed by atoms with van der Waals surface area (Å²) in [6, 6.07) is 9.57. The third-order valence-corrected chi connectivity index (χ3v) is 1.94. The number of benzene rings is 1. The quantitative estimate of drug-likeness (QED) is 0.479. The first-order valence-corrected chi connectivity index (χ1v) is 3.95. The predicted octanol–water partition coefficient (Wildman–Crippen LogP) is 2.14. The second kappa shape index (κ2) is 2.90. The molecule has 2 rings (SSSR count). The van der Waals surface area contributed by atoms with E-state index < -0.39 is 0 Å². The number of carbonyl (C=O) groups is 1. The van der Waals surface area contributed by atoms with E-state index in [1.54, 1.807) is 0 Å². The predicted molar refractivity (Wildman–Crippen MR) is 49.7 cm³/mol. The van der Waals surface area contributed by atoms with Gasteiger partial charge in [0.05, 0.1) is 5.57 Å². The molecule has 1 aliphatic rings. The molecule has 1 aromatic rings. The minimum Gasteiger partial charge on any atom is -0.430 e. The molecule has 0 saturated heterocycles. The lowest BCUT2D eigenvalue weighted by Crippen LogP contribution is -1.95. The molecular weight excluding hydrogens is 164 g/mol. The summed E-state index contributed by atoms with van der Waals surface area (Å²) < 4.78 is 4.73. The Hall–Kier alpha value is -1.83. The molecule has 0 amide bonds. The van der Waals surface area contributed by atoms with Crippen molar-refractivity contribution in [2.24, 2.45) is 0 Å². The van der Waals surface area contributed by atoms with Crippen molar-refractivity contribution in [3.05, 3.63) is 54.3 Å². The number of esters is 1. The molecular formula is C11H8O2. The largest absolute Gasteiger partial charge is 0.430 e. The Kier molecular flexibility index (Phi) is 1.74. The van der Waals surface area contributed by atoms with Crippen LogP contribution in [0.2, 0.25) is 0 Å². The van der Waals surface area contributed by atoms with Gasteiger partial charge in [-0.25, -0.2) is 4.79 Å². The van der Waals surface area contributed by atoms with Crippen LogP contribution in [0.1, 0.15) is 5.56 Å². The van der Waals surface area contributed by atoms with Crippen LogP contribution >= 0.6 is 0 Å². The molecule has 0 radical (unpaired) electrons. The van der Waals surface area contributed by atoms with Crippen molar-refractivity contribution in [3.63, 3.8) is 0 Å². The van der Waals surface area contributed by atoms with Gasteiger partial charge < -0.3 is 4.74 Å². The Morgan fingerprint density at radius 2 is 1.85 bits per heavy atom. The monoisotopic (exact) mass is 172 g/mol. The summed E-state index contributed by atoms with van der Waals surface area (Å²) in [6.07, 6.45) is 1.44. The first-order chi connectivity index (χ1) is 6.29. The summed E-state index contributed by atoms with van der Waals surface area (Å²) in [5.74, 6) is -0.362. The minimum atomic E-state index is -0.362. The zero-order valence-corrected chi connectivity index (χ0v) is 6.99. The van der Waals surface area contributed by atoms with Crippen LogP contribution in [0, 0.1) is 0 Å². The first kappa shape index (κ1) is 7.80. The third kappa shape index (κ3) is 1.26. The van der Waals surface area contributed by atoms with E-state index in [4.69, 9.17) is 4.74 Å². The average molecular weight is 172 g/mol. The Morgan fingerprint density at radius 1 is 1.15 bits per heavy atom.